The van der Waals surface area contributed by atoms with Crippen LogP contribution in [-0.2, 0) is 29.0 Å². The van der Waals surface area contributed by atoms with E-state index in [1.165, 1.54) is 11.8 Å². The third-order valence-electron chi connectivity index (χ3n) is 4.90. The number of benzene rings is 2. The van der Waals surface area contributed by atoms with E-state index in [-0.39, 0.29) is 24.0 Å². The van der Waals surface area contributed by atoms with E-state index in [0.29, 0.717) is 22.5 Å². The fourth-order valence-electron chi connectivity index (χ4n) is 3.25. The number of amides is 2. The predicted molar refractivity (Wildman–Crippen MR) is 129 cm³/mol. The van der Waals surface area contributed by atoms with Crippen LogP contribution in [0.1, 0.15) is 30.8 Å². The van der Waals surface area contributed by atoms with Crippen LogP contribution >= 0.6 is 23.4 Å². The van der Waals surface area contributed by atoms with Gasteiger partial charge in [-0.15, -0.1) is 10.2 Å². The van der Waals surface area contributed by atoms with Gasteiger partial charge in [0.15, 0.2) is 5.16 Å². The summed E-state index contributed by atoms with van der Waals surface area (Å²) in [6.45, 7) is 6.49. The van der Waals surface area contributed by atoms with Crippen LogP contribution in [0.15, 0.2) is 47.6 Å². The lowest BCUT2D eigenvalue weighted by molar-refractivity contribution is -0.116. The molecule has 0 unspecified atom stereocenters. The second-order valence-electron chi connectivity index (χ2n) is 7.17. The Morgan fingerprint density at radius 2 is 1.78 bits per heavy atom. The Kier molecular flexibility index (Phi) is 8.30. The van der Waals surface area contributed by atoms with Gasteiger partial charge < -0.3 is 15.2 Å². The summed E-state index contributed by atoms with van der Waals surface area (Å²) in [5.41, 5.74) is 3.51. The molecule has 1 aromatic heterocycles. The number of anilines is 2. The summed E-state index contributed by atoms with van der Waals surface area (Å²) in [6, 6.07) is 13.1. The van der Waals surface area contributed by atoms with Crippen LogP contribution in [0.2, 0.25) is 5.02 Å². The maximum Gasteiger partial charge on any atom is 0.234 e. The Bertz CT molecular complexity index is 1120. The molecular weight excluding hydrogens is 446 g/mol. The molecule has 0 radical (unpaired) electrons. The van der Waals surface area contributed by atoms with Crippen LogP contribution in [0.3, 0.4) is 0 Å². The van der Waals surface area contributed by atoms with E-state index in [2.05, 4.69) is 20.8 Å². The molecule has 0 saturated heterocycles. The molecule has 2 amide bonds. The lowest BCUT2D eigenvalue weighted by Gasteiger charge is -2.11. The highest BCUT2D eigenvalue weighted by Gasteiger charge is 2.17. The molecule has 168 valence electrons. The van der Waals surface area contributed by atoms with E-state index in [9.17, 15) is 9.59 Å². The SMILES string of the molecule is CCc1ccccc1NC(=O)Cc1nnc(SCC(=O)Nc2ccc(Cl)cc2C)n1CC. The average molecular weight is 472 g/mol. The molecule has 2 N–H and O–H groups in total. The summed E-state index contributed by atoms with van der Waals surface area (Å²) in [6.07, 6.45) is 0.940. The van der Waals surface area contributed by atoms with Crippen LogP contribution in [0.5, 0.6) is 0 Å². The highest BCUT2D eigenvalue weighted by molar-refractivity contribution is 7.99. The number of hydrogen-bond acceptors (Lipinski definition) is 5. The van der Waals surface area contributed by atoms with Gasteiger partial charge >= 0.3 is 0 Å². The van der Waals surface area contributed by atoms with E-state index in [1.807, 2.05) is 49.6 Å². The minimum atomic E-state index is -0.152. The molecule has 0 aliphatic carbocycles. The highest BCUT2D eigenvalue weighted by Crippen LogP contribution is 2.22. The molecule has 0 aliphatic heterocycles. The average Bonchev–Trinajstić information content (AvgIpc) is 3.15. The van der Waals surface area contributed by atoms with Gasteiger partial charge in [0.1, 0.15) is 5.82 Å². The second kappa shape index (κ2) is 11.2. The van der Waals surface area contributed by atoms with Crippen LogP contribution < -0.4 is 10.6 Å². The Labute approximate surface area is 197 Å². The summed E-state index contributed by atoms with van der Waals surface area (Å²) < 4.78 is 1.86. The van der Waals surface area contributed by atoms with Crippen molar-refractivity contribution in [3.05, 3.63) is 64.4 Å². The largest absolute Gasteiger partial charge is 0.325 e. The van der Waals surface area contributed by atoms with Crippen molar-refractivity contribution >= 4 is 46.6 Å². The second-order valence-corrected chi connectivity index (χ2v) is 8.55. The minimum Gasteiger partial charge on any atom is -0.325 e. The Morgan fingerprint density at radius 3 is 2.50 bits per heavy atom. The first-order valence-corrected chi connectivity index (χ1v) is 11.8. The fourth-order valence-corrected chi connectivity index (χ4v) is 4.29. The summed E-state index contributed by atoms with van der Waals surface area (Å²) in [4.78, 5) is 25.0. The molecule has 7 nitrogen and oxygen atoms in total. The van der Waals surface area contributed by atoms with Crippen molar-refractivity contribution in [1.82, 2.24) is 14.8 Å². The smallest absolute Gasteiger partial charge is 0.234 e. The molecule has 3 rings (SSSR count). The summed E-state index contributed by atoms with van der Waals surface area (Å²) in [5, 5.41) is 15.4. The summed E-state index contributed by atoms with van der Waals surface area (Å²) >= 11 is 7.25. The number of aromatic nitrogens is 3. The Hall–Kier alpha value is -2.84. The molecular formula is C23H26ClN5O2S. The Balaban J connectivity index is 1.60. The number of carbonyl (C=O) groups excluding carboxylic acids is 2. The first-order chi connectivity index (χ1) is 15.4. The lowest BCUT2D eigenvalue weighted by Crippen LogP contribution is -2.19. The van der Waals surface area contributed by atoms with Crippen molar-refractivity contribution in [2.24, 2.45) is 0 Å². The monoisotopic (exact) mass is 471 g/mol. The number of nitrogens with one attached hydrogen (secondary N) is 2. The maximum absolute atomic E-state index is 12.6. The zero-order chi connectivity index (χ0) is 23.1. The zero-order valence-corrected chi connectivity index (χ0v) is 19.9. The van der Waals surface area contributed by atoms with Crippen LogP contribution in [0, 0.1) is 6.92 Å². The lowest BCUT2D eigenvalue weighted by atomic mass is 10.1. The zero-order valence-electron chi connectivity index (χ0n) is 18.3. The van der Waals surface area contributed by atoms with Crippen LogP contribution in [-0.4, -0.2) is 32.3 Å². The number of aryl methyl sites for hydroxylation is 2. The molecule has 9 heteroatoms. The van der Waals surface area contributed by atoms with E-state index in [0.717, 1.165) is 28.9 Å². The normalized spacial score (nSPS) is 10.8. The van der Waals surface area contributed by atoms with E-state index in [1.54, 1.807) is 18.2 Å². The van der Waals surface area contributed by atoms with Crippen molar-refractivity contribution in [3.8, 4) is 0 Å². The molecule has 32 heavy (non-hydrogen) atoms. The number of carbonyl (C=O) groups is 2. The molecule has 0 bridgehead atoms. The van der Waals surface area contributed by atoms with Crippen LogP contribution in [0.25, 0.3) is 0 Å². The Morgan fingerprint density at radius 1 is 1.03 bits per heavy atom. The predicted octanol–water partition coefficient (Wildman–Crippen LogP) is 4.73. The topological polar surface area (TPSA) is 88.9 Å². The summed E-state index contributed by atoms with van der Waals surface area (Å²) in [5.74, 6) is 0.438. The number of halogens is 1. The molecule has 2 aromatic carbocycles. The number of thioether (sulfide) groups is 1. The minimum absolute atomic E-state index is 0.107. The molecule has 3 aromatic rings. The van der Waals surface area contributed by atoms with Crippen molar-refractivity contribution in [3.63, 3.8) is 0 Å². The van der Waals surface area contributed by atoms with Gasteiger partial charge in [0.2, 0.25) is 11.8 Å². The third-order valence-corrected chi connectivity index (χ3v) is 6.10. The van der Waals surface area contributed by atoms with Crippen LogP contribution in [0.4, 0.5) is 11.4 Å². The number of para-hydroxylation sites is 1. The van der Waals surface area contributed by atoms with Gasteiger partial charge in [0.25, 0.3) is 0 Å². The van der Waals surface area contributed by atoms with E-state index >= 15 is 0 Å². The molecule has 0 fully saturated rings. The first-order valence-electron chi connectivity index (χ1n) is 10.4. The molecule has 0 spiro atoms. The maximum atomic E-state index is 12.6. The quantitative estimate of drug-likeness (QED) is 0.440. The van der Waals surface area contributed by atoms with Gasteiger partial charge in [0.05, 0.1) is 12.2 Å². The van der Waals surface area contributed by atoms with Crippen molar-refractivity contribution in [2.75, 3.05) is 16.4 Å². The molecule has 0 atom stereocenters. The molecule has 1 heterocycles. The summed E-state index contributed by atoms with van der Waals surface area (Å²) in [7, 11) is 0. The van der Waals surface area contributed by atoms with Crippen molar-refractivity contribution < 1.29 is 9.59 Å². The number of nitrogens with zero attached hydrogens (tertiary/aromatic N) is 3. The van der Waals surface area contributed by atoms with Gasteiger partial charge in [-0.05, 0) is 55.7 Å². The molecule has 0 aliphatic rings. The van der Waals surface area contributed by atoms with Gasteiger partial charge in [-0.25, -0.2) is 0 Å². The van der Waals surface area contributed by atoms with Gasteiger partial charge in [-0.3, -0.25) is 9.59 Å². The standard InChI is InChI=1S/C23H26ClN5O2S/c1-4-16-8-6-7-9-19(16)26-21(30)13-20-27-28-23(29(20)5-2)32-14-22(31)25-18-11-10-17(24)12-15(18)3/h6-12H,4-5,13-14H2,1-3H3,(H,25,31)(H,26,30). The number of rotatable bonds is 9. The van der Waals surface area contributed by atoms with E-state index < -0.39 is 0 Å². The molecule has 0 saturated carbocycles. The third kappa shape index (κ3) is 6.11. The van der Waals surface area contributed by atoms with Gasteiger partial charge in [0, 0.05) is 22.9 Å². The van der Waals surface area contributed by atoms with Gasteiger partial charge in [-0.1, -0.05) is 48.5 Å². The highest BCUT2D eigenvalue weighted by atomic mass is 35.5. The van der Waals surface area contributed by atoms with Gasteiger partial charge in [-0.2, -0.15) is 0 Å². The van der Waals surface area contributed by atoms with Crippen molar-refractivity contribution in [1.29, 1.82) is 0 Å². The first kappa shape index (κ1) is 23.8. The van der Waals surface area contributed by atoms with Crippen molar-refractivity contribution in [2.45, 2.75) is 45.3 Å². The number of hydrogen-bond donors (Lipinski definition) is 2. The van der Waals surface area contributed by atoms with E-state index in [4.69, 9.17) is 11.6 Å². The fraction of sp³-hybridized carbons (Fsp3) is 0.304.